The van der Waals surface area contributed by atoms with Crippen molar-refractivity contribution in [1.29, 1.82) is 5.26 Å². The van der Waals surface area contributed by atoms with Gasteiger partial charge in [0.15, 0.2) is 11.2 Å². The van der Waals surface area contributed by atoms with Crippen LogP contribution in [0.1, 0.15) is 5.56 Å². The van der Waals surface area contributed by atoms with Gasteiger partial charge < -0.3 is 8.83 Å². The topological polar surface area (TPSA) is 63.0 Å². The van der Waals surface area contributed by atoms with E-state index in [0.717, 1.165) is 66.4 Å². The standard InChI is InChI=1S/C44H24N2O2/c45-25-26-17-19-27(20-18-26)29-21-30(37-24-28-9-1-2-10-32(28)33-11-3-4-12-34(33)37)23-31(22-29)40-43-41(35-13-5-7-15-38(35)47-43)46-42-36-14-6-8-16-39(36)48-44(40)42/h1-24H. The molecule has 0 radical (unpaired) electrons. The van der Waals surface area contributed by atoms with Gasteiger partial charge in [-0.3, -0.25) is 0 Å². The molecule has 48 heavy (non-hydrogen) atoms. The molecule has 222 valence electrons. The van der Waals surface area contributed by atoms with Gasteiger partial charge in [0, 0.05) is 10.8 Å². The third-order valence-electron chi connectivity index (χ3n) is 9.46. The fourth-order valence-corrected chi connectivity index (χ4v) is 7.23. The number of fused-ring (bicyclic) bond motifs is 9. The molecular formula is C44H24N2O2. The van der Waals surface area contributed by atoms with Gasteiger partial charge in [0.25, 0.3) is 0 Å². The lowest BCUT2D eigenvalue weighted by Crippen LogP contribution is -1.90. The zero-order valence-electron chi connectivity index (χ0n) is 25.6. The number of furan rings is 2. The van der Waals surface area contributed by atoms with Gasteiger partial charge in [-0.05, 0) is 110 Å². The van der Waals surface area contributed by atoms with E-state index < -0.39 is 0 Å². The lowest BCUT2D eigenvalue weighted by molar-refractivity contribution is 0.657. The van der Waals surface area contributed by atoms with Crippen LogP contribution in [0.2, 0.25) is 0 Å². The molecule has 0 aliphatic rings. The number of rotatable bonds is 3. The van der Waals surface area contributed by atoms with Gasteiger partial charge in [-0.2, -0.15) is 5.26 Å². The van der Waals surface area contributed by atoms with Crippen LogP contribution in [-0.2, 0) is 0 Å². The first-order valence-electron chi connectivity index (χ1n) is 15.9. The summed E-state index contributed by atoms with van der Waals surface area (Å²) in [6.07, 6.45) is 0. The number of para-hydroxylation sites is 2. The molecule has 0 fully saturated rings. The number of pyridine rings is 1. The van der Waals surface area contributed by atoms with Crippen LogP contribution in [0.15, 0.2) is 154 Å². The van der Waals surface area contributed by atoms with E-state index in [1.165, 1.54) is 21.5 Å². The molecule has 4 heteroatoms. The Bertz CT molecular complexity index is 2870. The molecule has 0 bridgehead atoms. The van der Waals surface area contributed by atoms with Crippen LogP contribution in [0.3, 0.4) is 0 Å². The highest BCUT2D eigenvalue weighted by atomic mass is 16.3. The molecule has 0 saturated carbocycles. The minimum absolute atomic E-state index is 0.623. The average Bonchev–Trinajstić information content (AvgIpc) is 3.71. The Morgan fingerprint density at radius 1 is 0.458 bits per heavy atom. The van der Waals surface area contributed by atoms with Crippen LogP contribution in [0.4, 0.5) is 0 Å². The van der Waals surface area contributed by atoms with Gasteiger partial charge in [0.1, 0.15) is 22.2 Å². The van der Waals surface area contributed by atoms with Crippen molar-refractivity contribution in [3.05, 3.63) is 151 Å². The van der Waals surface area contributed by atoms with Gasteiger partial charge in [0.2, 0.25) is 0 Å². The second-order valence-corrected chi connectivity index (χ2v) is 12.2. The fraction of sp³-hybridized carbons (Fsp3) is 0. The molecule has 10 aromatic rings. The van der Waals surface area contributed by atoms with Crippen LogP contribution >= 0.6 is 0 Å². The van der Waals surface area contributed by atoms with E-state index in [0.29, 0.717) is 16.7 Å². The molecule has 0 amide bonds. The van der Waals surface area contributed by atoms with E-state index in [-0.39, 0.29) is 0 Å². The quantitative estimate of drug-likeness (QED) is 0.186. The summed E-state index contributed by atoms with van der Waals surface area (Å²) >= 11 is 0. The molecule has 10 rings (SSSR count). The maximum absolute atomic E-state index is 9.52. The summed E-state index contributed by atoms with van der Waals surface area (Å²) in [6, 6.07) is 52.3. The second-order valence-electron chi connectivity index (χ2n) is 12.2. The SMILES string of the molecule is N#Cc1ccc(-c2cc(-c3cc4ccccc4c4ccccc34)cc(-c3c4oc5ccccc5c4nc4c3oc3ccccc34)c2)cc1. The number of benzene rings is 7. The maximum atomic E-state index is 9.52. The molecule has 0 N–H and O–H groups in total. The van der Waals surface area contributed by atoms with E-state index in [1.54, 1.807) is 0 Å². The molecule has 0 saturated heterocycles. The molecule has 0 aliphatic heterocycles. The molecular weight excluding hydrogens is 588 g/mol. The van der Waals surface area contributed by atoms with E-state index in [9.17, 15) is 5.26 Å². The Morgan fingerprint density at radius 2 is 1.00 bits per heavy atom. The van der Waals surface area contributed by atoms with Crippen molar-refractivity contribution in [2.45, 2.75) is 0 Å². The molecule has 0 aliphatic carbocycles. The van der Waals surface area contributed by atoms with E-state index >= 15 is 0 Å². The molecule has 3 aromatic heterocycles. The Kier molecular flexibility index (Phi) is 5.61. The molecule has 0 spiro atoms. The summed E-state index contributed by atoms with van der Waals surface area (Å²) < 4.78 is 13.3. The van der Waals surface area contributed by atoms with Crippen molar-refractivity contribution in [2.24, 2.45) is 0 Å². The zero-order chi connectivity index (χ0) is 31.8. The molecule has 0 unspecified atom stereocenters. The number of nitriles is 1. The number of nitrogens with zero attached hydrogens (tertiary/aromatic N) is 2. The summed E-state index contributed by atoms with van der Waals surface area (Å²) in [5, 5.41) is 16.2. The minimum Gasteiger partial charge on any atom is -0.454 e. The van der Waals surface area contributed by atoms with Crippen LogP contribution < -0.4 is 0 Å². The van der Waals surface area contributed by atoms with E-state index in [1.807, 2.05) is 60.7 Å². The summed E-state index contributed by atoms with van der Waals surface area (Å²) in [6.45, 7) is 0. The second kappa shape index (κ2) is 10.2. The Balaban J connectivity index is 1.35. The predicted molar refractivity (Wildman–Crippen MR) is 195 cm³/mol. The zero-order valence-corrected chi connectivity index (χ0v) is 25.6. The molecule has 3 heterocycles. The Morgan fingerprint density at radius 3 is 1.67 bits per heavy atom. The largest absolute Gasteiger partial charge is 0.454 e. The smallest absolute Gasteiger partial charge is 0.165 e. The highest BCUT2D eigenvalue weighted by molar-refractivity contribution is 6.19. The first kappa shape index (κ1) is 26.5. The van der Waals surface area contributed by atoms with Crippen LogP contribution in [-0.4, -0.2) is 4.98 Å². The Hall–Kier alpha value is -6.70. The van der Waals surface area contributed by atoms with Crippen LogP contribution in [0, 0.1) is 11.3 Å². The van der Waals surface area contributed by atoms with Crippen LogP contribution in [0.25, 0.3) is 99.1 Å². The number of hydrogen-bond donors (Lipinski definition) is 0. The van der Waals surface area contributed by atoms with E-state index in [4.69, 9.17) is 13.8 Å². The van der Waals surface area contributed by atoms with Crippen molar-refractivity contribution in [2.75, 3.05) is 0 Å². The van der Waals surface area contributed by atoms with Gasteiger partial charge in [-0.25, -0.2) is 4.98 Å². The molecule has 7 aromatic carbocycles. The van der Waals surface area contributed by atoms with Crippen molar-refractivity contribution < 1.29 is 8.83 Å². The van der Waals surface area contributed by atoms with Gasteiger partial charge in [-0.1, -0.05) is 84.9 Å². The van der Waals surface area contributed by atoms with Crippen molar-refractivity contribution in [1.82, 2.24) is 4.98 Å². The number of hydrogen-bond acceptors (Lipinski definition) is 4. The van der Waals surface area contributed by atoms with E-state index in [2.05, 4.69) is 91.0 Å². The maximum Gasteiger partial charge on any atom is 0.165 e. The molecule has 0 atom stereocenters. The van der Waals surface area contributed by atoms with Crippen LogP contribution in [0.5, 0.6) is 0 Å². The highest BCUT2D eigenvalue weighted by Gasteiger charge is 2.23. The summed E-state index contributed by atoms with van der Waals surface area (Å²) in [7, 11) is 0. The third kappa shape index (κ3) is 3.92. The summed E-state index contributed by atoms with van der Waals surface area (Å²) in [4.78, 5) is 5.18. The predicted octanol–water partition coefficient (Wildman–Crippen LogP) is 12.1. The summed E-state index contributed by atoms with van der Waals surface area (Å²) in [5.74, 6) is 0. The average molecular weight is 613 g/mol. The highest BCUT2D eigenvalue weighted by Crippen LogP contribution is 2.45. The van der Waals surface area contributed by atoms with Gasteiger partial charge >= 0.3 is 0 Å². The third-order valence-corrected chi connectivity index (χ3v) is 9.46. The lowest BCUT2D eigenvalue weighted by atomic mass is 9.89. The lowest BCUT2D eigenvalue weighted by Gasteiger charge is -2.15. The fourth-order valence-electron chi connectivity index (χ4n) is 7.23. The first-order chi connectivity index (χ1) is 23.7. The summed E-state index contributed by atoms with van der Waals surface area (Å²) in [5.41, 5.74) is 11.2. The van der Waals surface area contributed by atoms with Crippen molar-refractivity contribution >= 4 is 65.7 Å². The van der Waals surface area contributed by atoms with Gasteiger partial charge in [0.05, 0.1) is 17.2 Å². The number of aromatic nitrogens is 1. The molecule has 4 nitrogen and oxygen atoms in total. The minimum atomic E-state index is 0.623. The Labute approximate surface area is 274 Å². The van der Waals surface area contributed by atoms with Crippen molar-refractivity contribution in [3.8, 4) is 39.4 Å². The monoisotopic (exact) mass is 612 g/mol. The van der Waals surface area contributed by atoms with Gasteiger partial charge in [-0.15, -0.1) is 0 Å². The normalized spacial score (nSPS) is 11.7. The first-order valence-corrected chi connectivity index (χ1v) is 15.9. The van der Waals surface area contributed by atoms with Crippen molar-refractivity contribution in [3.63, 3.8) is 0 Å².